The van der Waals surface area contributed by atoms with Crippen molar-refractivity contribution in [2.45, 2.75) is 24.7 Å². The van der Waals surface area contributed by atoms with E-state index >= 15 is 0 Å². The molecule has 0 aromatic heterocycles. The molecule has 0 N–H and O–H groups in total. The van der Waals surface area contributed by atoms with Crippen molar-refractivity contribution < 1.29 is 22.3 Å². The molecule has 138 valence electrons. The summed E-state index contributed by atoms with van der Waals surface area (Å²) < 4.78 is 44.9. The van der Waals surface area contributed by atoms with Gasteiger partial charge in [0.05, 0.1) is 10.8 Å². The number of esters is 1. The fraction of sp³-hybridized carbons (Fsp3) is 0.316. The molecule has 0 aliphatic carbocycles. The Labute approximate surface area is 152 Å². The summed E-state index contributed by atoms with van der Waals surface area (Å²) in [5, 5.41) is 0. The number of ether oxygens (including phenoxy) is 1. The van der Waals surface area contributed by atoms with Crippen LogP contribution in [0.15, 0.2) is 53.4 Å². The highest BCUT2D eigenvalue weighted by Crippen LogP contribution is 2.25. The first-order valence-corrected chi connectivity index (χ1v) is 9.84. The van der Waals surface area contributed by atoms with Gasteiger partial charge in [0.2, 0.25) is 10.0 Å². The number of piperidine rings is 1. The third-order valence-electron chi connectivity index (χ3n) is 4.48. The van der Waals surface area contributed by atoms with E-state index < -0.39 is 15.8 Å². The van der Waals surface area contributed by atoms with E-state index in [0.717, 1.165) is 17.7 Å². The molecule has 1 aliphatic heterocycles. The number of sulfonamides is 1. The molecule has 0 unspecified atom stereocenters. The molecule has 0 spiro atoms. The zero-order valence-electron chi connectivity index (χ0n) is 14.4. The SMILES string of the molecule is Cc1ccc(OC(=O)C2CCN(S(=O)(=O)c3ccc(F)cc3)CC2)cc1. The van der Waals surface area contributed by atoms with Crippen molar-refractivity contribution in [2.24, 2.45) is 5.92 Å². The van der Waals surface area contributed by atoms with E-state index in [0.29, 0.717) is 18.6 Å². The molecule has 0 amide bonds. The summed E-state index contributed by atoms with van der Waals surface area (Å²) in [5.41, 5.74) is 1.07. The van der Waals surface area contributed by atoms with Gasteiger partial charge in [-0.3, -0.25) is 4.79 Å². The molecular weight excluding hydrogens is 357 g/mol. The molecule has 3 rings (SSSR count). The van der Waals surface area contributed by atoms with Crippen molar-refractivity contribution in [1.29, 1.82) is 0 Å². The quantitative estimate of drug-likeness (QED) is 0.607. The van der Waals surface area contributed by atoms with E-state index in [1.54, 1.807) is 12.1 Å². The first-order valence-electron chi connectivity index (χ1n) is 8.40. The second kappa shape index (κ2) is 7.55. The van der Waals surface area contributed by atoms with Crippen LogP contribution in [0, 0.1) is 18.7 Å². The number of carbonyl (C=O) groups excluding carboxylic acids is 1. The molecule has 2 aromatic rings. The van der Waals surface area contributed by atoms with Gasteiger partial charge >= 0.3 is 5.97 Å². The lowest BCUT2D eigenvalue weighted by molar-refractivity contribution is -0.140. The predicted octanol–water partition coefficient (Wildman–Crippen LogP) is 3.14. The number of benzene rings is 2. The van der Waals surface area contributed by atoms with E-state index in [-0.39, 0.29) is 29.9 Å². The van der Waals surface area contributed by atoms with Crippen LogP contribution in [0.1, 0.15) is 18.4 Å². The largest absolute Gasteiger partial charge is 0.426 e. The number of nitrogens with zero attached hydrogens (tertiary/aromatic N) is 1. The van der Waals surface area contributed by atoms with Crippen LogP contribution in [0.3, 0.4) is 0 Å². The molecule has 5 nitrogen and oxygen atoms in total. The fourth-order valence-corrected chi connectivity index (χ4v) is 4.36. The lowest BCUT2D eigenvalue weighted by atomic mass is 9.98. The number of aryl methyl sites for hydroxylation is 1. The molecule has 0 radical (unpaired) electrons. The van der Waals surface area contributed by atoms with Crippen molar-refractivity contribution in [2.75, 3.05) is 13.1 Å². The van der Waals surface area contributed by atoms with Gasteiger partial charge in [-0.2, -0.15) is 4.31 Å². The average Bonchev–Trinajstić information content (AvgIpc) is 2.64. The molecule has 1 fully saturated rings. The maximum Gasteiger partial charge on any atom is 0.314 e. The molecule has 0 bridgehead atoms. The van der Waals surface area contributed by atoms with Gasteiger partial charge in [0, 0.05) is 13.1 Å². The van der Waals surface area contributed by atoms with Gasteiger partial charge in [0.1, 0.15) is 11.6 Å². The fourth-order valence-electron chi connectivity index (χ4n) is 2.89. The minimum Gasteiger partial charge on any atom is -0.426 e. The minimum absolute atomic E-state index is 0.0552. The Morgan fingerprint density at radius 1 is 1.04 bits per heavy atom. The van der Waals surface area contributed by atoms with Gasteiger partial charge in [-0.05, 0) is 56.2 Å². The minimum atomic E-state index is -3.68. The van der Waals surface area contributed by atoms with E-state index in [1.807, 2.05) is 19.1 Å². The first kappa shape index (κ1) is 18.5. The molecule has 0 atom stereocenters. The second-order valence-electron chi connectivity index (χ2n) is 6.37. The molecule has 26 heavy (non-hydrogen) atoms. The summed E-state index contributed by atoms with van der Waals surface area (Å²) in [7, 11) is -3.68. The van der Waals surface area contributed by atoms with Crippen molar-refractivity contribution in [3.63, 3.8) is 0 Å². The summed E-state index contributed by atoms with van der Waals surface area (Å²) in [5.74, 6) is -0.674. The Bertz CT molecular complexity index is 871. The predicted molar refractivity (Wildman–Crippen MR) is 94.7 cm³/mol. The third kappa shape index (κ3) is 4.11. The van der Waals surface area contributed by atoms with Crippen molar-refractivity contribution in [3.05, 3.63) is 59.9 Å². The molecule has 7 heteroatoms. The highest BCUT2D eigenvalue weighted by Gasteiger charge is 2.33. The first-order chi connectivity index (χ1) is 12.4. The van der Waals surface area contributed by atoms with E-state index in [1.165, 1.54) is 16.4 Å². The van der Waals surface area contributed by atoms with Crippen molar-refractivity contribution in [1.82, 2.24) is 4.31 Å². The van der Waals surface area contributed by atoms with Crippen LogP contribution in [0.5, 0.6) is 5.75 Å². The zero-order valence-corrected chi connectivity index (χ0v) is 15.2. The van der Waals surface area contributed by atoms with Crippen LogP contribution in [0.25, 0.3) is 0 Å². The van der Waals surface area contributed by atoms with Crippen LogP contribution in [-0.4, -0.2) is 31.8 Å². The summed E-state index contributed by atoms with van der Waals surface area (Å²) in [6.45, 7) is 2.41. The Morgan fingerprint density at radius 2 is 1.62 bits per heavy atom. The van der Waals surface area contributed by atoms with Crippen molar-refractivity contribution >= 4 is 16.0 Å². The lowest BCUT2D eigenvalue weighted by Gasteiger charge is -2.30. The molecule has 1 heterocycles. The maximum atomic E-state index is 13.0. The summed E-state index contributed by atoms with van der Waals surface area (Å²) in [4.78, 5) is 12.3. The smallest absolute Gasteiger partial charge is 0.314 e. The normalized spacial score (nSPS) is 16.4. The average molecular weight is 377 g/mol. The van der Waals surface area contributed by atoms with E-state index in [2.05, 4.69) is 0 Å². The standard InChI is InChI=1S/C19H20FNO4S/c1-14-2-6-17(7-3-14)25-19(22)15-10-12-21(13-11-15)26(23,24)18-8-4-16(20)5-9-18/h2-9,15H,10-13H2,1H3. The van der Waals surface area contributed by atoms with Gasteiger partial charge in [0.15, 0.2) is 0 Å². The molecule has 1 aliphatic rings. The Morgan fingerprint density at radius 3 is 2.19 bits per heavy atom. The van der Waals surface area contributed by atoms with E-state index in [9.17, 15) is 17.6 Å². The molecular formula is C19H20FNO4S. The summed E-state index contributed by atoms with van der Waals surface area (Å²) in [6, 6.07) is 12.0. The van der Waals surface area contributed by atoms with E-state index in [4.69, 9.17) is 4.74 Å². The van der Waals surface area contributed by atoms with Gasteiger partial charge in [-0.25, -0.2) is 12.8 Å². The van der Waals surface area contributed by atoms with Crippen LogP contribution < -0.4 is 4.74 Å². The maximum absolute atomic E-state index is 13.0. The third-order valence-corrected chi connectivity index (χ3v) is 6.39. The van der Waals surface area contributed by atoms with Crippen LogP contribution >= 0.6 is 0 Å². The molecule has 1 saturated heterocycles. The monoisotopic (exact) mass is 377 g/mol. The number of hydrogen-bond donors (Lipinski definition) is 0. The molecule has 0 saturated carbocycles. The zero-order chi connectivity index (χ0) is 18.7. The Hall–Kier alpha value is -2.25. The Balaban J connectivity index is 1.60. The highest BCUT2D eigenvalue weighted by atomic mass is 32.2. The number of halogens is 1. The van der Waals surface area contributed by atoms with Crippen LogP contribution in [-0.2, 0) is 14.8 Å². The summed E-state index contributed by atoms with van der Waals surface area (Å²) >= 11 is 0. The van der Waals surface area contributed by atoms with Gasteiger partial charge in [-0.1, -0.05) is 17.7 Å². The van der Waals surface area contributed by atoms with Gasteiger partial charge in [0.25, 0.3) is 0 Å². The van der Waals surface area contributed by atoms with Crippen LogP contribution in [0.2, 0.25) is 0 Å². The lowest BCUT2D eigenvalue weighted by Crippen LogP contribution is -2.41. The second-order valence-corrected chi connectivity index (χ2v) is 8.30. The number of hydrogen-bond acceptors (Lipinski definition) is 4. The number of carbonyl (C=O) groups is 1. The summed E-state index contributed by atoms with van der Waals surface area (Å²) in [6.07, 6.45) is 0.788. The van der Waals surface area contributed by atoms with Crippen LogP contribution in [0.4, 0.5) is 4.39 Å². The van der Waals surface area contributed by atoms with Gasteiger partial charge in [-0.15, -0.1) is 0 Å². The highest BCUT2D eigenvalue weighted by molar-refractivity contribution is 7.89. The molecule has 2 aromatic carbocycles. The topological polar surface area (TPSA) is 63.7 Å². The number of rotatable bonds is 4. The Kier molecular flexibility index (Phi) is 5.38. The van der Waals surface area contributed by atoms with Gasteiger partial charge < -0.3 is 4.74 Å². The van der Waals surface area contributed by atoms with Crippen molar-refractivity contribution in [3.8, 4) is 5.75 Å².